The van der Waals surface area contributed by atoms with E-state index < -0.39 is 0 Å². The van der Waals surface area contributed by atoms with Crippen LogP contribution < -0.4 is 20.1 Å². The quantitative estimate of drug-likeness (QED) is 0.782. The maximum Gasteiger partial charge on any atom is 0.314 e. The van der Waals surface area contributed by atoms with Gasteiger partial charge < -0.3 is 24.8 Å². The minimum absolute atomic E-state index is 0.155. The summed E-state index contributed by atoms with van der Waals surface area (Å²) in [6, 6.07) is 10.3. The van der Waals surface area contributed by atoms with E-state index in [4.69, 9.17) is 14.2 Å². The van der Waals surface area contributed by atoms with Crippen LogP contribution in [0.1, 0.15) is 16.7 Å². The predicted octanol–water partition coefficient (Wildman–Crippen LogP) is 2.79. The number of methoxy groups -OCH3 is 1. The van der Waals surface area contributed by atoms with Gasteiger partial charge in [0.1, 0.15) is 17.3 Å². The summed E-state index contributed by atoms with van der Waals surface area (Å²) in [7, 11) is 1.62. The molecule has 1 aliphatic rings. The van der Waals surface area contributed by atoms with Crippen molar-refractivity contribution < 1.29 is 23.4 Å². The summed E-state index contributed by atoms with van der Waals surface area (Å²) in [5.41, 5.74) is 2.45. The lowest BCUT2D eigenvalue weighted by atomic mass is 10.1. The Morgan fingerprint density at radius 3 is 2.67 bits per heavy atom. The third-order valence-corrected chi connectivity index (χ3v) is 4.30. The molecule has 0 aromatic heterocycles. The van der Waals surface area contributed by atoms with E-state index in [1.165, 1.54) is 12.1 Å². The highest BCUT2D eigenvalue weighted by Crippen LogP contribution is 2.29. The summed E-state index contributed by atoms with van der Waals surface area (Å²) in [5.74, 6) is 1.12. The molecule has 0 saturated heterocycles. The lowest BCUT2D eigenvalue weighted by Crippen LogP contribution is -2.37. The van der Waals surface area contributed by atoms with Crippen LogP contribution in [0.25, 0.3) is 0 Å². The first-order chi connectivity index (χ1) is 13.2. The Bertz CT molecular complexity index is 798. The molecular formula is C20H23FN2O4. The molecule has 2 N–H and O–H groups in total. The van der Waals surface area contributed by atoms with Crippen LogP contribution >= 0.6 is 0 Å². The van der Waals surface area contributed by atoms with Gasteiger partial charge in [0, 0.05) is 18.7 Å². The molecule has 0 aliphatic carbocycles. The number of urea groups is 1. The molecule has 144 valence electrons. The number of rotatable bonds is 7. The molecule has 0 radical (unpaired) electrons. The van der Waals surface area contributed by atoms with E-state index in [-0.39, 0.29) is 18.6 Å². The SMILES string of the molecule is COc1ccccc1CCNC(=O)NCCc1cc(F)cc2c1OCOC2. The summed E-state index contributed by atoms with van der Waals surface area (Å²) in [4.78, 5) is 12.0. The molecule has 6 nitrogen and oxygen atoms in total. The molecule has 2 aromatic rings. The average Bonchev–Trinajstić information content (AvgIpc) is 2.68. The van der Waals surface area contributed by atoms with Crippen molar-refractivity contribution in [3.63, 3.8) is 0 Å². The number of amides is 2. The zero-order chi connectivity index (χ0) is 19.1. The van der Waals surface area contributed by atoms with Crippen LogP contribution in [0.5, 0.6) is 11.5 Å². The molecule has 0 unspecified atom stereocenters. The van der Waals surface area contributed by atoms with Gasteiger partial charge in [-0.25, -0.2) is 9.18 Å². The Hall–Kier alpha value is -2.80. The summed E-state index contributed by atoms with van der Waals surface area (Å²) >= 11 is 0. The van der Waals surface area contributed by atoms with Gasteiger partial charge in [0.05, 0.1) is 13.7 Å². The first kappa shape index (κ1) is 19.0. The molecule has 7 heteroatoms. The molecular weight excluding hydrogens is 351 g/mol. The van der Waals surface area contributed by atoms with Gasteiger partial charge in [-0.2, -0.15) is 0 Å². The first-order valence-electron chi connectivity index (χ1n) is 8.83. The van der Waals surface area contributed by atoms with Crippen molar-refractivity contribution in [2.24, 2.45) is 0 Å². The van der Waals surface area contributed by atoms with E-state index in [1.54, 1.807) is 7.11 Å². The van der Waals surface area contributed by atoms with Gasteiger partial charge in [-0.05, 0) is 42.2 Å². The van der Waals surface area contributed by atoms with Gasteiger partial charge in [0.25, 0.3) is 0 Å². The standard InChI is InChI=1S/C20H23FN2O4/c1-25-18-5-3-2-4-14(18)6-8-22-20(24)23-9-7-15-10-17(21)11-16-12-26-13-27-19(15)16/h2-5,10-11H,6-9,12-13H2,1H3,(H2,22,23,24). The van der Waals surface area contributed by atoms with Crippen LogP contribution in [0.2, 0.25) is 0 Å². The highest BCUT2D eigenvalue weighted by Gasteiger charge is 2.16. The molecule has 2 amide bonds. The van der Waals surface area contributed by atoms with Crippen molar-refractivity contribution in [3.05, 3.63) is 58.9 Å². The molecule has 0 atom stereocenters. The van der Waals surface area contributed by atoms with Crippen LogP contribution in [0.3, 0.4) is 0 Å². The van der Waals surface area contributed by atoms with E-state index in [2.05, 4.69) is 10.6 Å². The van der Waals surface area contributed by atoms with Gasteiger partial charge in [-0.3, -0.25) is 0 Å². The molecule has 0 bridgehead atoms. The van der Waals surface area contributed by atoms with E-state index in [0.29, 0.717) is 43.9 Å². The smallest absolute Gasteiger partial charge is 0.314 e. The maximum absolute atomic E-state index is 13.7. The summed E-state index contributed by atoms with van der Waals surface area (Å²) in [6.45, 7) is 1.35. The molecule has 3 rings (SSSR count). The van der Waals surface area contributed by atoms with Crippen LogP contribution in [0, 0.1) is 5.82 Å². The third-order valence-electron chi connectivity index (χ3n) is 4.30. The number of hydrogen-bond acceptors (Lipinski definition) is 4. The average molecular weight is 374 g/mol. The second kappa shape index (κ2) is 9.23. The normalized spacial score (nSPS) is 12.7. The summed E-state index contributed by atoms with van der Waals surface area (Å²) in [5, 5.41) is 5.59. The van der Waals surface area contributed by atoms with Crippen LogP contribution in [-0.4, -0.2) is 33.0 Å². The summed E-state index contributed by atoms with van der Waals surface area (Å²) < 4.78 is 29.6. The van der Waals surface area contributed by atoms with E-state index in [1.807, 2.05) is 24.3 Å². The Balaban J connectivity index is 1.44. The number of carbonyl (C=O) groups is 1. The Morgan fingerprint density at radius 1 is 1.15 bits per heavy atom. The molecule has 0 saturated carbocycles. The van der Waals surface area contributed by atoms with Gasteiger partial charge >= 0.3 is 6.03 Å². The second-order valence-corrected chi connectivity index (χ2v) is 6.16. The number of hydrogen-bond donors (Lipinski definition) is 2. The van der Waals surface area contributed by atoms with Crippen molar-refractivity contribution in [3.8, 4) is 11.5 Å². The van der Waals surface area contributed by atoms with E-state index >= 15 is 0 Å². The topological polar surface area (TPSA) is 68.8 Å². The van der Waals surface area contributed by atoms with Gasteiger partial charge in [-0.15, -0.1) is 0 Å². The largest absolute Gasteiger partial charge is 0.496 e. The number of benzene rings is 2. The molecule has 0 fully saturated rings. The number of halogens is 1. The highest BCUT2D eigenvalue weighted by molar-refractivity contribution is 5.73. The minimum atomic E-state index is -0.334. The summed E-state index contributed by atoms with van der Waals surface area (Å²) in [6.07, 6.45) is 1.14. The predicted molar refractivity (Wildman–Crippen MR) is 98.5 cm³/mol. The maximum atomic E-state index is 13.7. The lowest BCUT2D eigenvalue weighted by Gasteiger charge is -2.21. The number of para-hydroxylation sites is 1. The molecule has 2 aromatic carbocycles. The molecule has 27 heavy (non-hydrogen) atoms. The van der Waals surface area contributed by atoms with Gasteiger partial charge in [0.15, 0.2) is 6.79 Å². The second-order valence-electron chi connectivity index (χ2n) is 6.16. The van der Waals surface area contributed by atoms with Crippen LogP contribution in [0.4, 0.5) is 9.18 Å². The van der Waals surface area contributed by atoms with E-state index in [9.17, 15) is 9.18 Å². The fraction of sp³-hybridized carbons (Fsp3) is 0.350. The molecule has 1 aliphatic heterocycles. The van der Waals surface area contributed by atoms with Crippen LogP contribution in [-0.2, 0) is 24.2 Å². The zero-order valence-corrected chi connectivity index (χ0v) is 15.2. The van der Waals surface area contributed by atoms with Gasteiger partial charge in [0.2, 0.25) is 0 Å². The lowest BCUT2D eigenvalue weighted by molar-refractivity contribution is -0.0172. The molecule has 1 heterocycles. The van der Waals surface area contributed by atoms with E-state index in [0.717, 1.165) is 16.9 Å². The number of carbonyl (C=O) groups excluding carboxylic acids is 1. The monoisotopic (exact) mass is 374 g/mol. The van der Waals surface area contributed by atoms with Crippen molar-refractivity contribution in [1.29, 1.82) is 0 Å². The third kappa shape index (κ3) is 5.10. The fourth-order valence-electron chi connectivity index (χ4n) is 3.04. The first-order valence-corrected chi connectivity index (χ1v) is 8.83. The fourth-order valence-corrected chi connectivity index (χ4v) is 3.04. The number of ether oxygens (including phenoxy) is 3. The minimum Gasteiger partial charge on any atom is -0.496 e. The zero-order valence-electron chi connectivity index (χ0n) is 15.2. The van der Waals surface area contributed by atoms with Crippen LogP contribution in [0.15, 0.2) is 36.4 Å². The number of nitrogens with one attached hydrogen (secondary N) is 2. The van der Waals surface area contributed by atoms with Crippen molar-refractivity contribution in [2.45, 2.75) is 19.4 Å². The van der Waals surface area contributed by atoms with Crippen molar-refractivity contribution in [2.75, 3.05) is 27.0 Å². The Kier molecular flexibility index (Phi) is 6.49. The molecule has 0 spiro atoms. The highest BCUT2D eigenvalue weighted by atomic mass is 19.1. The Labute approximate surface area is 157 Å². The van der Waals surface area contributed by atoms with Crippen molar-refractivity contribution in [1.82, 2.24) is 10.6 Å². The van der Waals surface area contributed by atoms with Gasteiger partial charge in [-0.1, -0.05) is 18.2 Å². The van der Waals surface area contributed by atoms with Crippen molar-refractivity contribution >= 4 is 6.03 Å². The Morgan fingerprint density at radius 2 is 1.89 bits per heavy atom. The number of fused-ring (bicyclic) bond motifs is 1.